The first kappa shape index (κ1) is 14.9. The van der Waals surface area contributed by atoms with Gasteiger partial charge in [0.2, 0.25) is 11.1 Å². The van der Waals surface area contributed by atoms with Gasteiger partial charge in [-0.1, -0.05) is 30.3 Å². The van der Waals surface area contributed by atoms with Crippen LogP contribution in [0.4, 0.5) is 15.8 Å². The van der Waals surface area contributed by atoms with Gasteiger partial charge in [-0.05, 0) is 36.4 Å². The van der Waals surface area contributed by atoms with Crippen molar-refractivity contribution in [3.8, 4) is 0 Å². The molecule has 0 saturated heterocycles. The van der Waals surface area contributed by atoms with Crippen LogP contribution in [0.1, 0.15) is 0 Å². The number of hydrogen-bond acceptors (Lipinski definition) is 2. The van der Waals surface area contributed by atoms with E-state index >= 15 is 0 Å². The second-order valence-corrected chi connectivity index (χ2v) is 6.36. The molecular formula is C22H16FN2O+. The molecule has 1 N–H and O–H groups in total. The zero-order chi connectivity index (χ0) is 17.7. The summed E-state index contributed by atoms with van der Waals surface area (Å²) in [5, 5.41) is 5.44. The van der Waals surface area contributed by atoms with Crippen LogP contribution in [0.25, 0.3) is 33.0 Å². The molecule has 0 radical (unpaired) electrons. The van der Waals surface area contributed by atoms with Gasteiger partial charge in [0.05, 0.1) is 10.8 Å². The summed E-state index contributed by atoms with van der Waals surface area (Å²) >= 11 is 0. The third-order valence-electron chi connectivity index (χ3n) is 4.76. The Labute approximate surface area is 149 Å². The molecule has 0 aliphatic heterocycles. The molecule has 0 aliphatic rings. The van der Waals surface area contributed by atoms with Crippen LogP contribution in [-0.2, 0) is 7.05 Å². The summed E-state index contributed by atoms with van der Waals surface area (Å²) in [5.74, 6) is -0.276. The fourth-order valence-electron chi connectivity index (χ4n) is 3.59. The van der Waals surface area contributed by atoms with Crippen LogP contribution in [-0.4, -0.2) is 0 Å². The van der Waals surface area contributed by atoms with Gasteiger partial charge in [-0.3, -0.25) is 0 Å². The molecule has 0 amide bonds. The quantitative estimate of drug-likeness (QED) is 0.432. The Bertz CT molecular complexity index is 1290. The van der Waals surface area contributed by atoms with Crippen LogP contribution in [0.15, 0.2) is 77.2 Å². The molecule has 5 aromatic rings. The lowest BCUT2D eigenvalue weighted by atomic mass is 10.1. The van der Waals surface area contributed by atoms with Crippen molar-refractivity contribution in [3.63, 3.8) is 0 Å². The van der Waals surface area contributed by atoms with E-state index in [0.717, 1.165) is 38.7 Å². The molecule has 0 unspecified atom stereocenters. The fourth-order valence-corrected chi connectivity index (χ4v) is 3.59. The third-order valence-corrected chi connectivity index (χ3v) is 4.76. The van der Waals surface area contributed by atoms with Gasteiger partial charge < -0.3 is 9.73 Å². The molecule has 3 aromatic carbocycles. The number of hydrogen-bond donors (Lipinski definition) is 1. The van der Waals surface area contributed by atoms with E-state index in [2.05, 4.69) is 22.0 Å². The summed E-state index contributed by atoms with van der Waals surface area (Å²) in [7, 11) is 2.04. The lowest BCUT2D eigenvalue weighted by molar-refractivity contribution is -0.616. The predicted octanol–water partition coefficient (Wildman–Crippen LogP) is 5.45. The minimum Gasteiger partial charge on any atom is -0.447 e. The van der Waals surface area contributed by atoms with Crippen LogP contribution >= 0.6 is 0 Å². The van der Waals surface area contributed by atoms with E-state index in [4.69, 9.17) is 4.42 Å². The number of nitrogens with zero attached hydrogens (tertiary/aromatic N) is 1. The number of pyridine rings is 1. The van der Waals surface area contributed by atoms with E-state index in [1.54, 1.807) is 6.07 Å². The van der Waals surface area contributed by atoms with Crippen molar-refractivity contribution in [2.24, 2.45) is 7.05 Å². The van der Waals surface area contributed by atoms with E-state index in [-0.39, 0.29) is 5.82 Å². The van der Waals surface area contributed by atoms with Crippen LogP contribution in [0, 0.1) is 5.82 Å². The van der Waals surface area contributed by atoms with Crippen molar-refractivity contribution >= 4 is 44.3 Å². The first-order chi connectivity index (χ1) is 12.7. The Balaban J connectivity index is 1.91. The van der Waals surface area contributed by atoms with E-state index in [1.165, 1.54) is 12.1 Å². The first-order valence-corrected chi connectivity index (χ1v) is 8.47. The number of para-hydroxylation sites is 2. The lowest BCUT2D eigenvalue weighted by Crippen LogP contribution is -2.30. The summed E-state index contributed by atoms with van der Waals surface area (Å²) in [6.45, 7) is 0. The highest BCUT2D eigenvalue weighted by Gasteiger charge is 2.24. The number of halogens is 1. The molecule has 4 heteroatoms. The summed E-state index contributed by atoms with van der Waals surface area (Å²) in [6.07, 6.45) is 0. The first-order valence-electron chi connectivity index (χ1n) is 8.47. The number of anilines is 2. The maximum atomic E-state index is 13.7. The Morgan fingerprint density at radius 3 is 2.50 bits per heavy atom. The minimum absolute atomic E-state index is 0.276. The highest BCUT2D eigenvalue weighted by Crippen LogP contribution is 2.37. The molecule has 26 heavy (non-hydrogen) atoms. The summed E-state index contributed by atoms with van der Waals surface area (Å²) in [5.41, 5.74) is 5.21. The van der Waals surface area contributed by atoms with E-state index < -0.39 is 0 Å². The Hall–Kier alpha value is -3.40. The van der Waals surface area contributed by atoms with Crippen molar-refractivity contribution in [1.29, 1.82) is 0 Å². The molecule has 0 aliphatic carbocycles. The van der Waals surface area contributed by atoms with Gasteiger partial charge >= 0.3 is 0 Å². The maximum absolute atomic E-state index is 13.7. The molecule has 126 valence electrons. The average molecular weight is 343 g/mol. The van der Waals surface area contributed by atoms with Crippen LogP contribution in [0.3, 0.4) is 0 Å². The summed E-state index contributed by atoms with van der Waals surface area (Å²) in [4.78, 5) is 0. The van der Waals surface area contributed by atoms with Gasteiger partial charge in [-0.2, -0.15) is 4.57 Å². The topological polar surface area (TPSA) is 29.1 Å². The van der Waals surface area contributed by atoms with Gasteiger partial charge in [-0.15, -0.1) is 0 Å². The Morgan fingerprint density at radius 1 is 0.885 bits per heavy atom. The lowest BCUT2D eigenvalue weighted by Gasteiger charge is -2.10. The van der Waals surface area contributed by atoms with Crippen molar-refractivity contribution in [3.05, 3.63) is 78.6 Å². The van der Waals surface area contributed by atoms with Gasteiger partial charge in [0.1, 0.15) is 24.1 Å². The zero-order valence-electron chi connectivity index (χ0n) is 14.2. The SMILES string of the molecule is C[n+]1c2ccccc2c(Nc2cccc(F)c2)c2oc3ccccc3c21. The van der Waals surface area contributed by atoms with E-state index in [0.29, 0.717) is 5.69 Å². The number of furan rings is 1. The number of nitrogens with one attached hydrogen (secondary N) is 1. The average Bonchev–Trinajstić information content (AvgIpc) is 3.05. The largest absolute Gasteiger partial charge is 0.447 e. The number of rotatable bonds is 2. The van der Waals surface area contributed by atoms with Crippen molar-refractivity contribution in [1.82, 2.24) is 0 Å². The van der Waals surface area contributed by atoms with Gasteiger partial charge in [0.25, 0.3) is 5.52 Å². The third kappa shape index (κ3) is 2.15. The summed E-state index contributed by atoms with van der Waals surface area (Å²) < 4.78 is 22.0. The summed E-state index contributed by atoms with van der Waals surface area (Å²) in [6, 6.07) is 22.6. The van der Waals surface area contributed by atoms with Gasteiger partial charge in [0.15, 0.2) is 0 Å². The van der Waals surface area contributed by atoms with E-state index in [1.807, 2.05) is 49.5 Å². The molecule has 0 saturated carbocycles. The number of aryl methyl sites for hydroxylation is 1. The normalized spacial score (nSPS) is 11.5. The molecule has 0 fully saturated rings. The van der Waals surface area contributed by atoms with E-state index in [9.17, 15) is 4.39 Å². The van der Waals surface area contributed by atoms with Gasteiger partial charge in [-0.25, -0.2) is 4.39 Å². The molecule has 0 spiro atoms. The molecule has 2 heterocycles. The molecule has 3 nitrogen and oxygen atoms in total. The second kappa shape index (κ2) is 5.56. The van der Waals surface area contributed by atoms with Crippen LogP contribution in [0.2, 0.25) is 0 Å². The monoisotopic (exact) mass is 343 g/mol. The van der Waals surface area contributed by atoms with Gasteiger partial charge in [0, 0.05) is 11.8 Å². The highest BCUT2D eigenvalue weighted by atomic mass is 19.1. The smallest absolute Gasteiger partial charge is 0.261 e. The van der Waals surface area contributed by atoms with Crippen molar-refractivity contribution in [2.45, 2.75) is 0 Å². The second-order valence-electron chi connectivity index (χ2n) is 6.36. The standard InChI is InChI=1S/C22H15FN2O/c1-25-18-11-4-2-9-16(18)20(24-15-8-6-7-14(23)13-15)22-21(25)17-10-3-5-12-19(17)26-22/h2-13H,1H3/p+1. The Morgan fingerprint density at radius 2 is 1.65 bits per heavy atom. The zero-order valence-corrected chi connectivity index (χ0v) is 14.2. The number of aromatic nitrogens is 1. The fraction of sp³-hybridized carbons (Fsp3) is 0.0455. The molecular weight excluding hydrogens is 327 g/mol. The molecule has 0 atom stereocenters. The minimum atomic E-state index is -0.276. The van der Waals surface area contributed by atoms with Crippen molar-refractivity contribution < 1.29 is 13.4 Å². The Kier molecular flexibility index (Phi) is 3.19. The number of fused-ring (bicyclic) bond motifs is 4. The van der Waals surface area contributed by atoms with Crippen LogP contribution < -0.4 is 9.88 Å². The maximum Gasteiger partial charge on any atom is 0.261 e. The van der Waals surface area contributed by atoms with Crippen LogP contribution in [0.5, 0.6) is 0 Å². The van der Waals surface area contributed by atoms with Crippen molar-refractivity contribution in [2.75, 3.05) is 5.32 Å². The number of benzene rings is 3. The molecule has 0 bridgehead atoms. The highest BCUT2D eigenvalue weighted by molar-refractivity contribution is 6.11. The molecule has 5 rings (SSSR count). The predicted molar refractivity (Wildman–Crippen MR) is 102 cm³/mol. The molecule has 2 aromatic heterocycles.